The van der Waals surface area contributed by atoms with Crippen LogP contribution in [0.15, 0.2) is 22.7 Å². The third-order valence-corrected chi connectivity index (χ3v) is 3.84. The van der Waals surface area contributed by atoms with E-state index in [1.807, 2.05) is 19.2 Å². The van der Waals surface area contributed by atoms with Crippen LogP contribution < -0.4 is 10.1 Å². The Balaban J connectivity index is 2.10. The first-order valence-electron chi connectivity index (χ1n) is 6.43. The zero-order valence-corrected chi connectivity index (χ0v) is 12.9. The maximum atomic E-state index is 5.77. The Labute approximate surface area is 122 Å². The number of hydrogen-bond acceptors (Lipinski definition) is 4. The Morgan fingerprint density at radius 1 is 1.47 bits per heavy atom. The lowest BCUT2D eigenvalue weighted by atomic mass is 10.0. The second-order valence-corrected chi connectivity index (χ2v) is 5.46. The Hall–Kier alpha value is -0.620. The summed E-state index contributed by atoms with van der Waals surface area (Å²) in [6.07, 6.45) is 0.926. The summed E-state index contributed by atoms with van der Waals surface area (Å²) in [6.45, 7) is 1.99. The molecule has 4 nitrogen and oxygen atoms in total. The van der Waals surface area contributed by atoms with Gasteiger partial charge in [-0.05, 0) is 37.2 Å². The third-order valence-electron chi connectivity index (χ3n) is 3.34. The van der Waals surface area contributed by atoms with Crippen LogP contribution in [0.25, 0.3) is 0 Å². The Kier molecular flexibility index (Phi) is 5.63. The largest absolute Gasteiger partial charge is 0.496 e. The van der Waals surface area contributed by atoms with Gasteiger partial charge in [-0.25, -0.2) is 0 Å². The van der Waals surface area contributed by atoms with E-state index in [-0.39, 0.29) is 12.1 Å². The molecule has 1 aromatic rings. The Bertz CT molecular complexity index is 408. The van der Waals surface area contributed by atoms with Crippen LogP contribution in [0.3, 0.4) is 0 Å². The van der Waals surface area contributed by atoms with Crippen molar-refractivity contribution in [2.45, 2.75) is 18.6 Å². The predicted molar refractivity (Wildman–Crippen MR) is 77.8 cm³/mol. The van der Waals surface area contributed by atoms with E-state index >= 15 is 0 Å². The summed E-state index contributed by atoms with van der Waals surface area (Å²) in [5, 5.41) is 3.32. The average molecular weight is 330 g/mol. The molecule has 2 unspecified atom stereocenters. The highest BCUT2D eigenvalue weighted by atomic mass is 79.9. The molecule has 19 heavy (non-hydrogen) atoms. The fraction of sp³-hybridized carbons (Fsp3) is 0.571. The molecule has 0 bridgehead atoms. The number of hydrogen-bond donors (Lipinski definition) is 1. The lowest BCUT2D eigenvalue weighted by Gasteiger charge is -2.30. The smallest absolute Gasteiger partial charge is 0.122 e. The molecule has 1 saturated heterocycles. The second kappa shape index (κ2) is 7.24. The molecule has 0 amide bonds. The van der Waals surface area contributed by atoms with Crippen molar-refractivity contribution in [3.63, 3.8) is 0 Å². The number of nitrogens with one attached hydrogen (secondary N) is 1. The molecule has 2 rings (SSSR count). The standard InChI is InChI=1S/C14H20BrNO3/c1-16-12(14-9-18-5-6-19-14)8-10-7-11(15)3-4-13(10)17-2/h3-4,7,12,14,16H,5-6,8-9H2,1-2H3. The molecule has 0 aromatic heterocycles. The number of benzene rings is 1. The van der Waals surface area contributed by atoms with Crippen molar-refractivity contribution in [3.05, 3.63) is 28.2 Å². The van der Waals surface area contributed by atoms with Gasteiger partial charge in [0.15, 0.2) is 0 Å². The molecule has 1 N–H and O–H groups in total. The summed E-state index contributed by atoms with van der Waals surface area (Å²) < 4.78 is 17.7. The molecule has 1 heterocycles. The molecular formula is C14H20BrNO3. The molecular weight excluding hydrogens is 310 g/mol. The van der Waals surface area contributed by atoms with Crippen LogP contribution in [-0.4, -0.2) is 46.1 Å². The van der Waals surface area contributed by atoms with E-state index in [0.29, 0.717) is 19.8 Å². The van der Waals surface area contributed by atoms with E-state index in [1.165, 1.54) is 0 Å². The van der Waals surface area contributed by atoms with Gasteiger partial charge in [-0.1, -0.05) is 15.9 Å². The fourth-order valence-corrected chi connectivity index (χ4v) is 2.71. The molecule has 0 spiro atoms. The van der Waals surface area contributed by atoms with E-state index in [2.05, 4.69) is 27.3 Å². The van der Waals surface area contributed by atoms with Gasteiger partial charge in [-0.15, -0.1) is 0 Å². The first kappa shape index (κ1) is 14.8. The summed E-state index contributed by atoms with van der Waals surface area (Å²) >= 11 is 3.50. The first-order chi connectivity index (χ1) is 9.24. The van der Waals surface area contributed by atoms with Crippen molar-refractivity contribution >= 4 is 15.9 Å². The molecule has 1 aliphatic rings. The quantitative estimate of drug-likeness (QED) is 0.897. The van der Waals surface area contributed by atoms with Gasteiger partial charge in [0.05, 0.1) is 33.0 Å². The summed E-state index contributed by atoms with van der Waals surface area (Å²) in [6, 6.07) is 6.26. The number of methoxy groups -OCH3 is 1. The van der Waals surface area contributed by atoms with Crippen LogP contribution in [0.5, 0.6) is 5.75 Å². The van der Waals surface area contributed by atoms with Gasteiger partial charge >= 0.3 is 0 Å². The average Bonchev–Trinajstić information content (AvgIpc) is 2.46. The monoisotopic (exact) mass is 329 g/mol. The summed E-state index contributed by atoms with van der Waals surface area (Å²) in [7, 11) is 3.65. The van der Waals surface area contributed by atoms with Gasteiger partial charge in [0, 0.05) is 10.5 Å². The molecule has 1 aliphatic heterocycles. The zero-order chi connectivity index (χ0) is 13.7. The maximum absolute atomic E-state index is 5.77. The van der Waals surface area contributed by atoms with Crippen molar-refractivity contribution < 1.29 is 14.2 Å². The van der Waals surface area contributed by atoms with Crippen molar-refractivity contribution in [3.8, 4) is 5.75 Å². The number of likely N-dealkylation sites (N-methyl/N-ethyl adjacent to an activating group) is 1. The maximum Gasteiger partial charge on any atom is 0.122 e. The molecule has 1 aromatic carbocycles. The second-order valence-electron chi connectivity index (χ2n) is 4.54. The minimum Gasteiger partial charge on any atom is -0.496 e. The van der Waals surface area contributed by atoms with Crippen LogP contribution in [0, 0.1) is 0 Å². The van der Waals surface area contributed by atoms with E-state index in [0.717, 1.165) is 22.2 Å². The van der Waals surface area contributed by atoms with Gasteiger partial charge < -0.3 is 19.5 Å². The third kappa shape index (κ3) is 3.92. The van der Waals surface area contributed by atoms with E-state index in [4.69, 9.17) is 14.2 Å². The zero-order valence-electron chi connectivity index (χ0n) is 11.3. The molecule has 2 atom stereocenters. The lowest BCUT2D eigenvalue weighted by molar-refractivity contribution is -0.100. The molecule has 5 heteroatoms. The highest BCUT2D eigenvalue weighted by Crippen LogP contribution is 2.25. The van der Waals surface area contributed by atoms with Crippen LogP contribution in [-0.2, 0) is 15.9 Å². The van der Waals surface area contributed by atoms with Gasteiger partial charge in [0.25, 0.3) is 0 Å². The minimum atomic E-state index is 0.0856. The van der Waals surface area contributed by atoms with Crippen molar-refractivity contribution in [1.82, 2.24) is 5.32 Å². The number of halogens is 1. The summed E-state index contributed by atoms with van der Waals surface area (Å²) in [5.41, 5.74) is 1.16. The van der Waals surface area contributed by atoms with E-state index < -0.39 is 0 Å². The Morgan fingerprint density at radius 3 is 2.95 bits per heavy atom. The van der Waals surface area contributed by atoms with Gasteiger partial charge in [-0.3, -0.25) is 0 Å². The van der Waals surface area contributed by atoms with E-state index in [9.17, 15) is 0 Å². The molecule has 0 aliphatic carbocycles. The first-order valence-corrected chi connectivity index (χ1v) is 7.23. The topological polar surface area (TPSA) is 39.7 Å². The Morgan fingerprint density at radius 2 is 2.32 bits per heavy atom. The SMILES string of the molecule is CNC(Cc1cc(Br)ccc1OC)C1COCCO1. The van der Waals surface area contributed by atoms with Gasteiger partial charge in [-0.2, -0.15) is 0 Å². The minimum absolute atomic E-state index is 0.0856. The highest BCUT2D eigenvalue weighted by Gasteiger charge is 2.25. The summed E-state index contributed by atoms with van der Waals surface area (Å²) in [4.78, 5) is 0. The highest BCUT2D eigenvalue weighted by molar-refractivity contribution is 9.10. The van der Waals surface area contributed by atoms with Crippen LogP contribution in [0.4, 0.5) is 0 Å². The predicted octanol–water partition coefficient (Wildman–Crippen LogP) is 2.00. The van der Waals surface area contributed by atoms with Crippen molar-refractivity contribution in [1.29, 1.82) is 0 Å². The molecule has 0 radical (unpaired) electrons. The van der Waals surface area contributed by atoms with Crippen LogP contribution in [0.1, 0.15) is 5.56 Å². The van der Waals surface area contributed by atoms with Crippen LogP contribution >= 0.6 is 15.9 Å². The lowest BCUT2D eigenvalue weighted by Crippen LogP contribution is -2.46. The molecule has 106 valence electrons. The summed E-state index contributed by atoms with van der Waals surface area (Å²) in [5.74, 6) is 0.903. The normalized spacial score (nSPS) is 21.1. The van der Waals surface area contributed by atoms with Crippen molar-refractivity contribution in [2.75, 3.05) is 34.0 Å². The number of ether oxygens (including phenoxy) is 3. The fourth-order valence-electron chi connectivity index (χ4n) is 2.30. The van der Waals surface area contributed by atoms with Gasteiger partial charge in [0.2, 0.25) is 0 Å². The van der Waals surface area contributed by atoms with Gasteiger partial charge in [0.1, 0.15) is 5.75 Å². The molecule has 0 saturated carbocycles. The number of rotatable bonds is 5. The van der Waals surface area contributed by atoms with E-state index in [1.54, 1.807) is 7.11 Å². The van der Waals surface area contributed by atoms with Crippen molar-refractivity contribution in [2.24, 2.45) is 0 Å². The van der Waals surface area contributed by atoms with Crippen LogP contribution in [0.2, 0.25) is 0 Å². The molecule has 1 fully saturated rings.